The number of allylic oxidation sites excluding steroid dienone is 5. The Labute approximate surface area is 320 Å². The second-order valence-corrected chi connectivity index (χ2v) is 20.0. The van der Waals surface area contributed by atoms with Crippen LogP contribution in [0.3, 0.4) is 0 Å². The largest absolute Gasteiger partial charge is 0.465 e. The van der Waals surface area contributed by atoms with Gasteiger partial charge in [0.15, 0.2) is 6.04 Å². The molecule has 6 rings (SSSR count). The normalized spacial score (nSPS) is 41.9. The molecule has 4 fully saturated rings. The van der Waals surface area contributed by atoms with Gasteiger partial charge < -0.3 is 4.74 Å². The second kappa shape index (κ2) is 14.3. The number of ether oxygens (including phenoxy) is 1. The van der Waals surface area contributed by atoms with E-state index >= 15 is 0 Å². The molecule has 0 saturated heterocycles. The highest BCUT2D eigenvalue weighted by Crippen LogP contribution is 2.76. The quantitative estimate of drug-likeness (QED) is 0.0566. The molecule has 1 unspecified atom stereocenters. The summed E-state index contributed by atoms with van der Waals surface area (Å²) in [4.78, 5) is 23.7. The molecule has 6 aliphatic rings. The highest BCUT2D eigenvalue weighted by molar-refractivity contribution is 5.77. The van der Waals surface area contributed by atoms with Crippen LogP contribution in [0.15, 0.2) is 35.5 Å². The summed E-state index contributed by atoms with van der Waals surface area (Å²) in [6, 6.07) is -2.18. The number of carbonyl (C=O) groups is 1. The summed E-state index contributed by atoms with van der Waals surface area (Å²) in [6.07, 6.45) is 10.7. The maximum absolute atomic E-state index is 14.5. The Morgan fingerprint density at radius 2 is 1.72 bits per heavy atom. The van der Waals surface area contributed by atoms with Crippen LogP contribution < -0.4 is 5.32 Å². The summed E-state index contributed by atoms with van der Waals surface area (Å²) >= 11 is 0. The molecule has 304 valence electrons. The Balaban J connectivity index is 1.28. The number of hydrogen-bond acceptors (Lipinski definition) is 5. The number of fused-ring (bicyclic) bond motifs is 7. The average molecular weight is 763 g/mol. The van der Waals surface area contributed by atoms with Crippen molar-refractivity contribution in [2.75, 3.05) is 19.8 Å². The monoisotopic (exact) mass is 762 g/mol. The first-order valence-corrected chi connectivity index (χ1v) is 20.9. The van der Waals surface area contributed by atoms with E-state index in [9.17, 15) is 32.5 Å². The van der Waals surface area contributed by atoms with Crippen molar-refractivity contribution in [3.05, 3.63) is 45.6 Å². The topological polar surface area (TPSA) is 81.5 Å². The van der Waals surface area contributed by atoms with Gasteiger partial charge in [-0.3, -0.25) is 20.2 Å². The van der Waals surface area contributed by atoms with Gasteiger partial charge in [0.2, 0.25) is 6.54 Å². The number of rotatable bonds is 11. The van der Waals surface area contributed by atoms with E-state index in [4.69, 9.17) is 4.74 Å². The average Bonchev–Trinajstić information content (AvgIpc) is 3.47. The number of nitrogens with zero attached hydrogens (tertiary/aromatic N) is 1. The van der Waals surface area contributed by atoms with Crippen molar-refractivity contribution in [2.24, 2.45) is 56.7 Å². The number of hydrogen-bond donors (Lipinski definition) is 1. The van der Waals surface area contributed by atoms with E-state index in [2.05, 4.69) is 58.7 Å². The first-order valence-electron chi connectivity index (χ1n) is 20.9. The molecule has 0 amide bonds. The smallest absolute Gasteiger partial charge is 0.410 e. The Morgan fingerprint density at radius 1 is 1.00 bits per heavy atom. The number of nitro groups is 1. The molecule has 0 spiro atoms. The van der Waals surface area contributed by atoms with Crippen LogP contribution in [-0.4, -0.2) is 48.5 Å². The Hall–Kier alpha value is -2.23. The highest BCUT2D eigenvalue weighted by atomic mass is 19.4. The number of unbranched alkanes of at least 4 members (excludes halogenated alkanes) is 1. The van der Waals surface area contributed by atoms with E-state index in [0.717, 1.165) is 63.4 Å². The highest BCUT2D eigenvalue weighted by Gasteiger charge is 2.71. The maximum Gasteiger partial charge on any atom is 0.410 e. The van der Waals surface area contributed by atoms with Crippen LogP contribution in [0, 0.1) is 66.8 Å². The van der Waals surface area contributed by atoms with Crippen LogP contribution >= 0.6 is 0 Å². The van der Waals surface area contributed by atoms with Crippen LogP contribution in [0.4, 0.5) is 17.6 Å². The Morgan fingerprint density at radius 3 is 2.31 bits per heavy atom. The minimum absolute atomic E-state index is 0.0236. The van der Waals surface area contributed by atoms with Crippen molar-refractivity contribution in [1.82, 2.24) is 5.32 Å². The maximum atomic E-state index is 14.5. The van der Waals surface area contributed by atoms with Crippen molar-refractivity contribution in [2.45, 2.75) is 156 Å². The predicted molar refractivity (Wildman–Crippen MR) is 204 cm³/mol. The molecular formula is C44H66F4N2O4. The number of alkyl halides is 4. The molecule has 0 heterocycles. The molecule has 6 aliphatic carbocycles. The molecule has 10 heteroatoms. The lowest BCUT2D eigenvalue weighted by atomic mass is 9.33. The number of halogens is 4. The SMILES string of the molecule is C=C(C)[C@@H]1CC[C@]2(NC(C[N+](=O)[O-])C(F)(F)F)CC[C@]3(C)[C@H](CC[C@@H]4[C@@]5(C)CC=C(C6=CC[C@](CF)(C(=O)OCCCC)CC6)C(C)(C)[C@@H]5CC[C@]43C)[C@@H]12. The molecule has 0 aromatic carbocycles. The standard InChI is InChI=1S/C44H66F4N2O4/c1-9-10-25-54-37(51)42(27-45)20-13-29(14-21-42)31-16-18-39(6)33(38(31,4)5)17-19-41(8)34(39)12-11-32-36-30(28(2)3)15-22-43(36,24-23-40(32,41)7)49-35(26-50(52)53)44(46,47)48/h13,16,30,32-36,49H,2,9-12,14-15,17-27H2,1,3-8H3/t30-,32+,33-,34+,35?,36+,39-,40+,41+,42-,43-/m0/s1. The van der Waals surface area contributed by atoms with Crippen LogP contribution in [-0.2, 0) is 9.53 Å². The van der Waals surface area contributed by atoms with E-state index in [-0.39, 0.29) is 39.4 Å². The summed E-state index contributed by atoms with van der Waals surface area (Å²) < 4.78 is 63.1. The lowest BCUT2D eigenvalue weighted by Crippen LogP contribution is -2.69. The zero-order valence-corrected chi connectivity index (χ0v) is 33.9. The molecule has 0 aromatic rings. The lowest BCUT2D eigenvalue weighted by molar-refractivity contribution is -0.491. The molecule has 6 nitrogen and oxygen atoms in total. The van der Waals surface area contributed by atoms with Crippen LogP contribution in [0.25, 0.3) is 0 Å². The van der Waals surface area contributed by atoms with Crippen molar-refractivity contribution >= 4 is 5.97 Å². The molecule has 4 saturated carbocycles. The van der Waals surface area contributed by atoms with E-state index in [1.165, 1.54) is 11.1 Å². The minimum Gasteiger partial charge on any atom is -0.465 e. The van der Waals surface area contributed by atoms with Gasteiger partial charge in [-0.25, -0.2) is 4.39 Å². The van der Waals surface area contributed by atoms with Gasteiger partial charge in [-0.2, -0.15) is 13.2 Å². The Bertz CT molecular complexity index is 1560. The first kappa shape index (κ1) is 41.4. The zero-order valence-electron chi connectivity index (χ0n) is 33.9. The van der Waals surface area contributed by atoms with E-state index in [1.54, 1.807) is 0 Å². The lowest BCUT2D eigenvalue weighted by Gasteiger charge is -2.72. The number of carbonyl (C=O) groups excluding carboxylic acids is 1. The van der Waals surface area contributed by atoms with Gasteiger partial charge in [0.1, 0.15) is 6.67 Å². The predicted octanol–water partition coefficient (Wildman–Crippen LogP) is 11.1. The summed E-state index contributed by atoms with van der Waals surface area (Å²) in [5.74, 6) is 0.658. The zero-order chi connectivity index (χ0) is 39.7. The Kier molecular flexibility index (Phi) is 11.0. The van der Waals surface area contributed by atoms with Gasteiger partial charge in [-0.1, -0.05) is 72.3 Å². The molecule has 1 N–H and O–H groups in total. The fourth-order valence-corrected chi connectivity index (χ4v) is 14.2. The van der Waals surface area contributed by atoms with E-state index < -0.39 is 47.3 Å². The molecular weight excluding hydrogens is 696 g/mol. The van der Waals surface area contributed by atoms with Gasteiger partial charge in [-0.15, -0.1) is 0 Å². The van der Waals surface area contributed by atoms with Gasteiger partial charge in [0.25, 0.3) is 0 Å². The third-order valence-corrected chi connectivity index (χ3v) is 17.2. The molecule has 0 aromatic heterocycles. The summed E-state index contributed by atoms with van der Waals surface area (Å²) in [6.45, 7) is 19.1. The second-order valence-electron chi connectivity index (χ2n) is 20.0. The van der Waals surface area contributed by atoms with Crippen molar-refractivity contribution in [3.8, 4) is 0 Å². The first-order chi connectivity index (χ1) is 25.2. The number of nitrogens with one attached hydrogen (secondary N) is 1. The third kappa shape index (κ3) is 6.42. The molecule has 11 atom stereocenters. The molecule has 0 bridgehead atoms. The summed E-state index contributed by atoms with van der Waals surface area (Å²) in [5, 5.41) is 14.4. The van der Waals surface area contributed by atoms with Crippen LogP contribution in [0.5, 0.6) is 0 Å². The summed E-state index contributed by atoms with van der Waals surface area (Å²) in [7, 11) is 0. The fraction of sp³-hybridized carbons (Fsp3) is 0.841. The molecule has 0 aliphatic heterocycles. The molecule has 54 heavy (non-hydrogen) atoms. The van der Waals surface area contributed by atoms with E-state index in [0.29, 0.717) is 50.5 Å². The molecule has 0 radical (unpaired) electrons. The minimum atomic E-state index is -4.71. The van der Waals surface area contributed by atoms with Gasteiger partial charge in [0, 0.05) is 10.5 Å². The van der Waals surface area contributed by atoms with Crippen molar-refractivity contribution in [3.63, 3.8) is 0 Å². The van der Waals surface area contributed by atoms with Crippen molar-refractivity contribution in [1.29, 1.82) is 0 Å². The number of esters is 1. The van der Waals surface area contributed by atoms with Crippen LogP contribution in [0.2, 0.25) is 0 Å². The third-order valence-electron chi connectivity index (χ3n) is 17.2. The van der Waals surface area contributed by atoms with Crippen LogP contribution in [0.1, 0.15) is 138 Å². The van der Waals surface area contributed by atoms with Gasteiger partial charge >= 0.3 is 12.1 Å². The van der Waals surface area contributed by atoms with Gasteiger partial charge in [0.05, 0.1) is 12.0 Å². The van der Waals surface area contributed by atoms with Crippen molar-refractivity contribution < 1.29 is 32.0 Å². The summed E-state index contributed by atoms with van der Waals surface area (Å²) in [5.41, 5.74) is 1.47. The van der Waals surface area contributed by atoms with Gasteiger partial charge in [-0.05, 0) is 153 Å². The van der Waals surface area contributed by atoms with E-state index in [1.807, 2.05) is 13.8 Å². The fourth-order valence-electron chi connectivity index (χ4n) is 14.2.